The average Bonchev–Trinajstić information content (AvgIpc) is 3.26. The van der Waals surface area contributed by atoms with E-state index in [4.69, 9.17) is 4.74 Å². The lowest BCUT2D eigenvalue weighted by Crippen LogP contribution is -2.40. The predicted octanol–water partition coefficient (Wildman–Crippen LogP) is 2.76. The minimum Gasteiger partial charge on any atom is -0.369 e. The SMILES string of the molecule is CC(C)n1ncc2cc(CN[C@H]3CCCO[C@@H]3c3nccn3C)cnc21. The van der Waals surface area contributed by atoms with Crippen molar-refractivity contribution in [1.29, 1.82) is 0 Å². The van der Waals surface area contributed by atoms with Gasteiger partial charge in [0.2, 0.25) is 0 Å². The van der Waals surface area contributed by atoms with Crippen molar-refractivity contribution in [2.75, 3.05) is 6.61 Å². The van der Waals surface area contributed by atoms with Crippen LogP contribution in [0, 0.1) is 0 Å². The quantitative estimate of drug-likeness (QED) is 0.763. The molecule has 0 radical (unpaired) electrons. The number of fused-ring (bicyclic) bond motifs is 1. The zero-order valence-corrected chi connectivity index (χ0v) is 15.6. The third-order valence-electron chi connectivity index (χ3n) is 4.98. The zero-order chi connectivity index (χ0) is 18.1. The van der Waals surface area contributed by atoms with Crippen LogP contribution in [0.4, 0.5) is 0 Å². The van der Waals surface area contributed by atoms with E-state index in [9.17, 15) is 0 Å². The van der Waals surface area contributed by atoms with E-state index in [1.807, 2.05) is 41.1 Å². The Labute approximate surface area is 153 Å². The second kappa shape index (κ2) is 7.17. The molecule has 138 valence electrons. The van der Waals surface area contributed by atoms with Gasteiger partial charge in [-0.1, -0.05) is 0 Å². The Morgan fingerprint density at radius 1 is 1.31 bits per heavy atom. The normalized spacial score (nSPS) is 20.9. The van der Waals surface area contributed by atoms with E-state index < -0.39 is 0 Å². The molecule has 2 atom stereocenters. The van der Waals surface area contributed by atoms with Gasteiger partial charge in [-0.15, -0.1) is 0 Å². The van der Waals surface area contributed by atoms with Crippen LogP contribution in [0.5, 0.6) is 0 Å². The highest BCUT2D eigenvalue weighted by Crippen LogP contribution is 2.27. The van der Waals surface area contributed by atoms with Crippen LogP contribution in [-0.4, -0.2) is 37.0 Å². The predicted molar refractivity (Wildman–Crippen MR) is 99.7 cm³/mol. The van der Waals surface area contributed by atoms with Gasteiger partial charge in [0.05, 0.1) is 6.20 Å². The molecule has 4 rings (SSSR count). The van der Waals surface area contributed by atoms with Crippen molar-refractivity contribution in [2.45, 2.75) is 51.4 Å². The van der Waals surface area contributed by atoms with Gasteiger partial charge in [-0.25, -0.2) is 14.6 Å². The van der Waals surface area contributed by atoms with Gasteiger partial charge in [-0.2, -0.15) is 5.10 Å². The van der Waals surface area contributed by atoms with Crippen molar-refractivity contribution >= 4 is 11.0 Å². The van der Waals surface area contributed by atoms with Crippen LogP contribution in [-0.2, 0) is 18.3 Å². The van der Waals surface area contributed by atoms with Gasteiger partial charge in [0.15, 0.2) is 5.65 Å². The monoisotopic (exact) mass is 354 g/mol. The summed E-state index contributed by atoms with van der Waals surface area (Å²) in [7, 11) is 2.02. The maximum atomic E-state index is 6.03. The molecule has 1 aliphatic rings. The molecule has 0 bridgehead atoms. The summed E-state index contributed by atoms with van der Waals surface area (Å²) in [6, 6.07) is 2.72. The largest absolute Gasteiger partial charge is 0.369 e. The summed E-state index contributed by atoms with van der Waals surface area (Å²) in [5.41, 5.74) is 2.10. The fraction of sp³-hybridized carbons (Fsp3) is 0.526. The summed E-state index contributed by atoms with van der Waals surface area (Å²) in [5.74, 6) is 0.981. The Bertz CT molecular complexity index is 883. The highest BCUT2D eigenvalue weighted by atomic mass is 16.5. The number of nitrogens with zero attached hydrogens (tertiary/aromatic N) is 5. The van der Waals surface area contributed by atoms with Crippen molar-refractivity contribution in [1.82, 2.24) is 29.6 Å². The van der Waals surface area contributed by atoms with E-state index in [1.54, 1.807) is 0 Å². The number of hydrogen-bond donors (Lipinski definition) is 1. The molecule has 0 saturated carbocycles. The topological polar surface area (TPSA) is 69.8 Å². The summed E-state index contributed by atoms with van der Waals surface area (Å²) in [4.78, 5) is 9.10. The Balaban J connectivity index is 1.49. The zero-order valence-electron chi connectivity index (χ0n) is 15.6. The second-order valence-corrected chi connectivity index (χ2v) is 7.26. The number of imidazole rings is 1. The molecule has 0 aliphatic carbocycles. The number of ether oxygens (including phenoxy) is 1. The third kappa shape index (κ3) is 3.24. The number of rotatable bonds is 5. The molecule has 1 fully saturated rings. The first kappa shape index (κ1) is 17.2. The molecule has 7 nitrogen and oxygen atoms in total. The van der Waals surface area contributed by atoms with Gasteiger partial charge in [0.1, 0.15) is 11.9 Å². The number of aromatic nitrogens is 5. The number of nitrogens with one attached hydrogen (secondary N) is 1. The third-order valence-corrected chi connectivity index (χ3v) is 4.98. The van der Waals surface area contributed by atoms with Crippen LogP contribution in [0.1, 0.15) is 50.2 Å². The van der Waals surface area contributed by atoms with Gasteiger partial charge < -0.3 is 14.6 Å². The van der Waals surface area contributed by atoms with Crippen LogP contribution >= 0.6 is 0 Å². The second-order valence-electron chi connectivity index (χ2n) is 7.26. The average molecular weight is 354 g/mol. The molecule has 0 unspecified atom stereocenters. The molecule has 3 aromatic heterocycles. The van der Waals surface area contributed by atoms with Gasteiger partial charge in [-0.05, 0) is 38.3 Å². The van der Waals surface area contributed by atoms with E-state index >= 15 is 0 Å². The highest BCUT2D eigenvalue weighted by Gasteiger charge is 2.29. The van der Waals surface area contributed by atoms with E-state index in [0.717, 1.165) is 48.4 Å². The minimum atomic E-state index is -0.0101. The van der Waals surface area contributed by atoms with E-state index in [1.165, 1.54) is 0 Å². The molecule has 26 heavy (non-hydrogen) atoms. The summed E-state index contributed by atoms with van der Waals surface area (Å²) >= 11 is 0. The molecule has 0 amide bonds. The van der Waals surface area contributed by atoms with Crippen LogP contribution < -0.4 is 5.32 Å². The summed E-state index contributed by atoms with van der Waals surface area (Å²) in [6.45, 7) is 5.77. The molecular weight excluding hydrogens is 328 g/mol. The highest BCUT2D eigenvalue weighted by molar-refractivity contribution is 5.75. The maximum Gasteiger partial charge on any atom is 0.157 e. The number of hydrogen-bond acceptors (Lipinski definition) is 5. The summed E-state index contributed by atoms with van der Waals surface area (Å²) in [5, 5.41) is 9.18. The Morgan fingerprint density at radius 3 is 2.96 bits per heavy atom. The molecule has 3 aromatic rings. The Morgan fingerprint density at radius 2 is 2.19 bits per heavy atom. The first-order valence-electron chi connectivity index (χ1n) is 9.28. The molecule has 1 N–H and O–H groups in total. The number of aryl methyl sites for hydroxylation is 1. The first-order valence-corrected chi connectivity index (χ1v) is 9.28. The lowest BCUT2D eigenvalue weighted by molar-refractivity contribution is -0.0178. The molecular formula is C19H26N6O. The molecule has 4 heterocycles. The molecule has 7 heteroatoms. The fourth-order valence-corrected chi connectivity index (χ4v) is 3.61. The van der Waals surface area contributed by atoms with Gasteiger partial charge in [0.25, 0.3) is 0 Å². The van der Waals surface area contributed by atoms with Crippen molar-refractivity contribution in [2.24, 2.45) is 7.05 Å². The van der Waals surface area contributed by atoms with Crippen molar-refractivity contribution in [3.63, 3.8) is 0 Å². The van der Waals surface area contributed by atoms with E-state index in [-0.39, 0.29) is 12.1 Å². The van der Waals surface area contributed by atoms with Gasteiger partial charge in [0, 0.05) is 56.3 Å². The van der Waals surface area contributed by atoms with Crippen LogP contribution in [0.15, 0.2) is 30.9 Å². The molecule has 0 aromatic carbocycles. The van der Waals surface area contributed by atoms with E-state index in [2.05, 4.69) is 40.3 Å². The molecule has 1 saturated heterocycles. The Kier molecular flexibility index (Phi) is 4.74. The lowest BCUT2D eigenvalue weighted by Gasteiger charge is -2.32. The first-order chi connectivity index (χ1) is 12.6. The smallest absolute Gasteiger partial charge is 0.157 e. The van der Waals surface area contributed by atoms with Crippen molar-refractivity contribution in [3.05, 3.63) is 42.2 Å². The maximum absolute atomic E-state index is 6.03. The molecule has 1 aliphatic heterocycles. The molecule has 0 spiro atoms. The number of pyridine rings is 1. The minimum absolute atomic E-state index is 0.0101. The standard InChI is InChI=1S/C19H26N6O/c1-13(2)25-18-15(12-23-25)9-14(11-22-18)10-21-16-5-4-8-26-17(16)19-20-6-7-24(19)3/h6-7,9,11-13,16-17,21H,4-5,8,10H2,1-3H3/t16-,17-/m0/s1. The summed E-state index contributed by atoms with van der Waals surface area (Å²) < 4.78 is 10.0. The van der Waals surface area contributed by atoms with Crippen LogP contribution in [0.2, 0.25) is 0 Å². The van der Waals surface area contributed by atoms with E-state index in [0.29, 0.717) is 6.04 Å². The fourth-order valence-electron chi connectivity index (χ4n) is 3.61. The van der Waals surface area contributed by atoms with Crippen molar-refractivity contribution < 1.29 is 4.74 Å². The summed E-state index contributed by atoms with van der Waals surface area (Å²) in [6.07, 6.45) is 9.77. The van der Waals surface area contributed by atoms with Crippen LogP contribution in [0.3, 0.4) is 0 Å². The van der Waals surface area contributed by atoms with Crippen LogP contribution in [0.25, 0.3) is 11.0 Å². The van der Waals surface area contributed by atoms with Gasteiger partial charge >= 0.3 is 0 Å². The van der Waals surface area contributed by atoms with Crippen molar-refractivity contribution in [3.8, 4) is 0 Å². The Hall–Kier alpha value is -2.25. The van der Waals surface area contributed by atoms with Gasteiger partial charge in [-0.3, -0.25) is 0 Å². The lowest BCUT2D eigenvalue weighted by atomic mass is 10.0.